The molecule has 62 heavy (non-hydrogen) atoms. The van der Waals surface area contributed by atoms with Crippen LogP contribution in [0.2, 0.25) is 0 Å². The number of hydrogen-bond donors (Lipinski definition) is 0. The second-order valence-corrected chi connectivity index (χ2v) is 23.5. The molecular weight excluding hydrogens is 871 g/mol. The van der Waals surface area contributed by atoms with E-state index in [0.29, 0.717) is 11.3 Å². The van der Waals surface area contributed by atoms with Gasteiger partial charge in [0.2, 0.25) is 0 Å². The molecule has 0 aromatic heterocycles. The van der Waals surface area contributed by atoms with Gasteiger partial charge in [0.15, 0.2) is 0 Å². The van der Waals surface area contributed by atoms with Crippen LogP contribution < -0.4 is 24.8 Å². The van der Waals surface area contributed by atoms with Crippen molar-refractivity contribution in [2.45, 2.75) is 152 Å². The monoisotopic (exact) mass is 940 g/mol. The van der Waals surface area contributed by atoms with Crippen LogP contribution in [0.1, 0.15) is 175 Å². The molecule has 1 atom stereocenters. The molecular formula is C59H72Cl2Zr-2. The fraction of sp³-hybridized carbons (Fsp3) is 0.424. The van der Waals surface area contributed by atoms with E-state index in [2.05, 4.69) is 220 Å². The topological polar surface area (TPSA) is 0 Å². The summed E-state index contributed by atoms with van der Waals surface area (Å²) in [5.74, 6) is 0.573. The Kier molecular flexibility index (Phi) is 16.0. The number of fused-ring (bicyclic) bond motifs is 5. The Morgan fingerprint density at radius 1 is 0.629 bits per heavy atom. The zero-order valence-electron chi connectivity index (χ0n) is 40.8. The van der Waals surface area contributed by atoms with Gasteiger partial charge >= 0.3 is 151 Å². The van der Waals surface area contributed by atoms with Crippen LogP contribution in [-0.4, -0.2) is 3.21 Å². The van der Waals surface area contributed by atoms with Crippen molar-refractivity contribution in [3.63, 3.8) is 0 Å². The number of benzene rings is 4. The molecule has 0 nitrogen and oxygen atoms in total. The Bertz CT molecular complexity index is 2370. The van der Waals surface area contributed by atoms with Gasteiger partial charge in [0.25, 0.3) is 0 Å². The van der Waals surface area contributed by atoms with Crippen molar-refractivity contribution in [3.05, 3.63) is 159 Å². The summed E-state index contributed by atoms with van der Waals surface area (Å²) in [6.45, 7) is 36.5. The van der Waals surface area contributed by atoms with Crippen LogP contribution >= 0.6 is 0 Å². The fourth-order valence-corrected chi connectivity index (χ4v) is 9.61. The third kappa shape index (κ3) is 11.3. The number of rotatable bonds is 3. The van der Waals surface area contributed by atoms with Crippen molar-refractivity contribution >= 4 is 35.9 Å². The molecule has 0 amide bonds. The zero-order chi connectivity index (χ0) is 44.2. The van der Waals surface area contributed by atoms with E-state index in [1.54, 1.807) is 0 Å². The molecule has 3 aliphatic carbocycles. The Hall–Kier alpha value is -2.96. The SMILES string of the molecule is CC(C)(C)c1ccc([C](=[Zr+2])c2ccc(C(C)(C)C)cc2)cc1.CC1=CCC(C)(C)c2cc3[cH-]c4cc5c(cc4c3cc21)C(C)=CCC5(C)C.CCC1[C-]=CC(C(C)(C)C)=C1.[Cl-].[Cl-]. The molecule has 0 aliphatic heterocycles. The molecule has 0 radical (unpaired) electrons. The first-order chi connectivity index (χ1) is 27.8. The second-order valence-electron chi connectivity index (χ2n) is 22.3. The molecule has 328 valence electrons. The maximum absolute atomic E-state index is 3.35. The Labute approximate surface area is 404 Å². The predicted octanol–water partition coefficient (Wildman–Crippen LogP) is 10.6. The number of halogens is 2. The van der Waals surface area contributed by atoms with E-state index in [-0.39, 0.29) is 46.5 Å². The van der Waals surface area contributed by atoms with Gasteiger partial charge in [0.1, 0.15) is 0 Å². The Balaban J connectivity index is 0.000000218. The van der Waals surface area contributed by atoms with Gasteiger partial charge in [-0.3, -0.25) is 6.08 Å². The summed E-state index contributed by atoms with van der Waals surface area (Å²) in [4.78, 5) is 0. The minimum absolute atomic E-state index is 0. The summed E-state index contributed by atoms with van der Waals surface area (Å²) in [6.07, 6.45) is 16.1. The quantitative estimate of drug-likeness (QED) is 0.158. The van der Waals surface area contributed by atoms with Gasteiger partial charge in [-0.25, -0.2) is 6.08 Å². The van der Waals surface area contributed by atoms with E-state index in [1.807, 2.05) is 0 Å². The standard InChI is InChI=1S/C27H29.C21H26.C11H17.2ClH.Zr/c1-16-7-9-26(3,4)24-12-18-11-19-13-25-21(17(2)8-10-27(25,5)6)15-23(19)22(18)14-20(16)24;1-20(2,3)18-11-7-16(8-12-18)15-17-9-13-19(14-10-17)21(4,5)6;1-5-9-6-7-10(8-9)11(2,3)4;;;/h7-8,11-15H,9-10H2,1-6H3;7-14H,1-6H3;7-9H,5H2,1-4H3;2*1H;/q-1;;-1;;;+2/p-2. The summed E-state index contributed by atoms with van der Waals surface area (Å²) in [5.41, 5.74) is 16.8. The van der Waals surface area contributed by atoms with Gasteiger partial charge in [-0.05, 0) is 59.8 Å². The molecule has 3 heteroatoms. The van der Waals surface area contributed by atoms with Crippen molar-refractivity contribution in [2.24, 2.45) is 11.3 Å². The zero-order valence-corrected chi connectivity index (χ0v) is 44.7. The molecule has 0 heterocycles. The normalized spacial score (nSPS) is 17.5. The molecule has 5 aromatic carbocycles. The van der Waals surface area contributed by atoms with Gasteiger partial charge in [0.05, 0.1) is 0 Å². The van der Waals surface area contributed by atoms with Crippen LogP contribution in [-0.2, 0) is 45.9 Å². The maximum Gasteiger partial charge on any atom is -0.0133 e. The van der Waals surface area contributed by atoms with Crippen molar-refractivity contribution in [2.75, 3.05) is 0 Å². The van der Waals surface area contributed by atoms with Crippen molar-refractivity contribution in [1.82, 2.24) is 0 Å². The summed E-state index contributed by atoms with van der Waals surface area (Å²) in [6, 6.07) is 30.4. The first-order valence-electron chi connectivity index (χ1n) is 22.5. The Morgan fingerprint density at radius 2 is 1.02 bits per heavy atom. The molecule has 0 bridgehead atoms. The van der Waals surface area contributed by atoms with Crippen molar-refractivity contribution in [3.8, 4) is 0 Å². The average molecular weight is 943 g/mol. The summed E-state index contributed by atoms with van der Waals surface area (Å²) >= 11 is 1.46. The molecule has 3 aliphatic rings. The van der Waals surface area contributed by atoms with Crippen LogP contribution in [0.3, 0.4) is 0 Å². The van der Waals surface area contributed by atoms with Crippen LogP contribution in [0.4, 0.5) is 0 Å². The van der Waals surface area contributed by atoms with Crippen molar-refractivity contribution in [1.29, 1.82) is 0 Å². The van der Waals surface area contributed by atoms with Gasteiger partial charge in [0, 0.05) is 0 Å². The summed E-state index contributed by atoms with van der Waals surface area (Å²) in [7, 11) is 0. The molecule has 5 aromatic rings. The van der Waals surface area contributed by atoms with Crippen LogP contribution in [0.25, 0.3) is 32.7 Å². The molecule has 8 rings (SSSR count). The molecule has 0 saturated carbocycles. The third-order valence-electron chi connectivity index (χ3n) is 13.3. The van der Waals surface area contributed by atoms with Gasteiger partial charge in [-0.1, -0.05) is 109 Å². The largest absolute Gasteiger partial charge is 1.00 e. The third-order valence-corrected chi connectivity index (χ3v) is 14.8. The Morgan fingerprint density at radius 3 is 1.32 bits per heavy atom. The van der Waals surface area contributed by atoms with Crippen LogP contribution in [0.15, 0.2) is 109 Å². The van der Waals surface area contributed by atoms with Gasteiger partial charge in [-0.2, -0.15) is 11.6 Å². The van der Waals surface area contributed by atoms with Crippen LogP contribution in [0.5, 0.6) is 0 Å². The first-order valence-corrected chi connectivity index (χ1v) is 23.7. The summed E-state index contributed by atoms with van der Waals surface area (Å²) in [5, 5.41) is 5.61. The average Bonchev–Trinajstić information content (AvgIpc) is 3.82. The molecule has 0 spiro atoms. The van der Waals surface area contributed by atoms with E-state index in [9.17, 15) is 0 Å². The molecule has 1 unspecified atom stereocenters. The van der Waals surface area contributed by atoms with Gasteiger partial charge in [-0.15, -0.1) is 39.7 Å². The molecule has 0 N–H and O–H groups in total. The maximum atomic E-state index is 3.35. The molecule has 0 saturated heterocycles. The first kappa shape index (κ1) is 51.7. The van der Waals surface area contributed by atoms with E-state index in [0.717, 1.165) is 12.8 Å². The molecule has 0 fully saturated rings. The van der Waals surface area contributed by atoms with Crippen LogP contribution in [0, 0.1) is 17.4 Å². The predicted molar refractivity (Wildman–Crippen MR) is 262 cm³/mol. The minimum Gasteiger partial charge on any atom is -1.00 e. The summed E-state index contributed by atoms with van der Waals surface area (Å²) < 4.78 is 1.42. The van der Waals surface area contributed by atoms with Gasteiger partial charge < -0.3 is 24.8 Å². The number of hydrogen-bond acceptors (Lipinski definition) is 0. The van der Waals surface area contributed by atoms with E-state index in [1.165, 1.54) is 117 Å². The second kappa shape index (κ2) is 19.3. The minimum atomic E-state index is 0. The van der Waals surface area contributed by atoms with E-state index in [4.69, 9.17) is 0 Å². The fourth-order valence-electron chi connectivity index (χ4n) is 8.79. The van der Waals surface area contributed by atoms with Crippen molar-refractivity contribution < 1.29 is 49.0 Å². The van der Waals surface area contributed by atoms with E-state index < -0.39 is 0 Å². The number of allylic oxidation sites excluding steroid dienone is 8. The van der Waals surface area contributed by atoms with E-state index >= 15 is 0 Å². The smallest absolute Gasteiger partial charge is 0.0133 e.